The predicted molar refractivity (Wildman–Crippen MR) is 153 cm³/mol. The molecule has 8 heteroatoms. The van der Waals surface area contributed by atoms with E-state index in [0.29, 0.717) is 12.1 Å². The van der Waals surface area contributed by atoms with Crippen LogP contribution in [0, 0.1) is 25.2 Å². The third-order valence-corrected chi connectivity index (χ3v) is 10.1. The van der Waals surface area contributed by atoms with Crippen LogP contribution in [-0.4, -0.2) is 16.7 Å². The molecule has 4 aromatic heterocycles. The summed E-state index contributed by atoms with van der Waals surface area (Å²) in [5.41, 5.74) is 7.09. The Morgan fingerprint density at radius 2 is 1.87 bits per heavy atom. The van der Waals surface area contributed by atoms with E-state index in [1.165, 1.54) is 21.7 Å². The first kappa shape index (κ1) is 24.9. The van der Waals surface area contributed by atoms with Crippen molar-refractivity contribution in [1.29, 1.82) is 5.26 Å². The fraction of sp³-hybridized carbons (Fsp3) is 0.367. The fourth-order valence-electron chi connectivity index (χ4n) is 5.73. The number of nitriles is 1. The molecular weight excluding hydrogens is 512 g/mol. The SMILES string of the molecule is Cc1cc(C=Nc2sc3c(c2C(=O)NCc2ccco2)CCCC3)c(C)n1-c1sc2c(c1C#N)CCCC2. The van der Waals surface area contributed by atoms with Crippen molar-refractivity contribution >= 4 is 39.8 Å². The van der Waals surface area contributed by atoms with Gasteiger partial charge < -0.3 is 14.3 Å². The van der Waals surface area contributed by atoms with Crippen LogP contribution in [-0.2, 0) is 32.2 Å². The van der Waals surface area contributed by atoms with Crippen LogP contribution in [0.15, 0.2) is 33.9 Å². The first-order valence-corrected chi connectivity index (χ1v) is 14.9. The smallest absolute Gasteiger partial charge is 0.255 e. The molecule has 38 heavy (non-hydrogen) atoms. The van der Waals surface area contributed by atoms with Crippen molar-refractivity contribution in [2.45, 2.75) is 71.8 Å². The van der Waals surface area contributed by atoms with Gasteiger partial charge in [-0.2, -0.15) is 5.26 Å². The first-order chi connectivity index (χ1) is 18.5. The number of carbonyl (C=O) groups excluding carboxylic acids is 1. The van der Waals surface area contributed by atoms with E-state index in [9.17, 15) is 10.1 Å². The molecule has 0 atom stereocenters. The van der Waals surface area contributed by atoms with Crippen molar-refractivity contribution in [3.05, 3.63) is 79.2 Å². The summed E-state index contributed by atoms with van der Waals surface area (Å²) in [7, 11) is 0. The minimum absolute atomic E-state index is 0.0961. The van der Waals surface area contributed by atoms with Crippen LogP contribution >= 0.6 is 22.7 Å². The molecule has 2 aliphatic rings. The Labute approximate surface area is 230 Å². The second-order valence-corrected chi connectivity index (χ2v) is 12.2. The Morgan fingerprint density at radius 3 is 2.61 bits per heavy atom. The average Bonchev–Trinajstić information content (AvgIpc) is 3.70. The number of furan rings is 1. The molecule has 1 amide bonds. The summed E-state index contributed by atoms with van der Waals surface area (Å²) >= 11 is 3.40. The zero-order valence-corrected chi connectivity index (χ0v) is 23.4. The lowest BCUT2D eigenvalue weighted by Gasteiger charge is -2.12. The van der Waals surface area contributed by atoms with Crippen molar-refractivity contribution in [3.8, 4) is 11.1 Å². The molecule has 0 aliphatic heterocycles. The average molecular weight is 543 g/mol. The number of hydrogen-bond acceptors (Lipinski definition) is 6. The van der Waals surface area contributed by atoms with Gasteiger partial charge in [0.1, 0.15) is 21.8 Å². The summed E-state index contributed by atoms with van der Waals surface area (Å²) in [5, 5.41) is 14.8. The molecule has 194 valence electrons. The number of aliphatic imine (C=N–C) groups is 1. The highest BCUT2D eigenvalue weighted by atomic mass is 32.1. The molecule has 0 aromatic carbocycles. The molecule has 4 heterocycles. The number of rotatable bonds is 6. The second-order valence-electron chi connectivity index (χ2n) is 10.1. The van der Waals surface area contributed by atoms with Gasteiger partial charge in [-0.25, -0.2) is 4.99 Å². The molecule has 4 aromatic rings. The van der Waals surface area contributed by atoms with Gasteiger partial charge in [-0.1, -0.05) is 0 Å². The number of thiophene rings is 2. The first-order valence-electron chi connectivity index (χ1n) is 13.3. The van der Waals surface area contributed by atoms with E-state index in [1.54, 1.807) is 28.9 Å². The maximum Gasteiger partial charge on any atom is 0.255 e. The van der Waals surface area contributed by atoms with Crippen molar-refractivity contribution in [1.82, 2.24) is 9.88 Å². The van der Waals surface area contributed by atoms with Gasteiger partial charge in [-0.05, 0) is 94.5 Å². The number of nitrogens with one attached hydrogen (secondary N) is 1. The van der Waals surface area contributed by atoms with E-state index in [0.717, 1.165) is 88.8 Å². The number of aryl methyl sites for hydroxylation is 3. The van der Waals surface area contributed by atoms with E-state index in [1.807, 2.05) is 18.3 Å². The normalized spacial score (nSPS) is 14.9. The number of nitrogens with zero attached hydrogens (tertiary/aromatic N) is 3. The van der Waals surface area contributed by atoms with Crippen LogP contribution in [0.5, 0.6) is 0 Å². The van der Waals surface area contributed by atoms with E-state index < -0.39 is 0 Å². The largest absolute Gasteiger partial charge is 0.467 e. The van der Waals surface area contributed by atoms with Crippen LogP contribution in [0.2, 0.25) is 0 Å². The third-order valence-electron chi connectivity index (χ3n) is 7.64. The topological polar surface area (TPSA) is 83.3 Å². The lowest BCUT2D eigenvalue weighted by atomic mass is 9.95. The predicted octanol–water partition coefficient (Wildman–Crippen LogP) is 7.12. The maximum atomic E-state index is 13.3. The van der Waals surface area contributed by atoms with E-state index >= 15 is 0 Å². The fourth-order valence-corrected chi connectivity index (χ4v) is 8.41. The van der Waals surface area contributed by atoms with E-state index in [4.69, 9.17) is 9.41 Å². The molecule has 6 nitrogen and oxygen atoms in total. The molecule has 0 spiro atoms. The Morgan fingerprint density at radius 1 is 1.13 bits per heavy atom. The molecule has 0 unspecified atom stereocenters. The molecule has 1 N–H and O–H groups in total. The van der Waals surface area contributed by atoms with Gasteiger partial charge in [-0.3, -0.25) is 4.79 Å². The number of aromatic nitrogens is 1. The van der Waals surface area contributed by atoms with Gasteiger partial charge in [0.15, 0.2) is 0 Å². The van der Waals surface area contributed by atoms with Crippen LogP contribution < -0.4 is 5.32 Å². The molecule has 0 saturated heterocycles. The summed E-state index contributed by atoms with van der Waals surface area (Å²) in [4.78, 5) is 20.9. The molecule has 0 radical (unpaired) electrons. The Balaban J connectivity index is 1.34. The summed E-state index contributed by atoms with van der Waals surface area (Å²) < 4.78 is 7.60. The molecule has 0 saturated carbocycles. The van der Waals surface area contributed by atoms with Gasteiger partial charge >= 0.3 is 0 Å². The molecule has 6 rings (SSSR count). The third kappa shape index (κ3) is 4.44. The van der Waals surface area contributed by atoms with Crippen molar-refractivity contribution < 1.29 is 9.21 Å². The Hall–Kier alpha value is -3.41. The van der Waals surface area contributed by atoms with Crippen LogP contribution in [0.4, 0.5) is 5.00 Å². The van der Waals surface area contributed by atoms with Crippen molar-refractivity contribution in [2.24, 2.45) is 4.99 Å². The standard InChI is InChI=1S/C30H30N4O2S2/c1-18-14-20(19(2)34(18)30-24(15-31)22-9-3-5-11-25(22)38-30)16-33-29-27(23-10-4-6-12-26(23)37-29)28(35)32-17-21-8-7-13-36-21/h7-8,13-14,16H,3-6,9-12,17H2,1-2H3,(H,32,35). The van der Waals surface area contributed by atoms with Crippen LogP contribution in [0.25, 0.3) is 5.00 Å². The summed E-state index contributed by atoms with van der Waals surface area (Å²) in [6, 6.07) is 8.31. The van der Waals surface area contributed by atoms with Crippen molar-refractivity contribution in [2.75, 3.05) is 0 Å². The second kappa shape index (κ2) is 10.4. The van der Waals surface area contributed by atoms with Gasteiger partial charge in [0.25, 0.3) is 5.91 Å². The molecular formula is C30H30N4O2S2. The van der Waals surface area contributed by atoms with Gasteiger partial charge in [0.05, 0.1) is 23.9 Å². The number of amides is 1. The van der Waals surface area contributed by atoms with Gasteiger partial charge in [-0.15, -0.1) is 22.7 Å². The lowest BCUT2D eigenvalue weighted by molar-refractivity contribution is 0.0948. The summed E-state index contributed by atoms with van der Waals surface area (Å²) in [6.07, 6.45) is 12.1. The molecule has 0 bridgehead atoms. The summed E-state index contributed by atoms with van der Waals surface area (Å²) in [6.45, 7) is 4.53. The van der Waals surface area contributed by atoms with Crippen LogP contribution in [0.1, 0.15) is 85.2 Å². The zero-order valence-electron chi connectivity index (χ0n) is 21.7. The van der Waals surface area contributed by atoms with E-state index in [2.05, 4.69) is 35.9 Å². The zero-order chi connectivity index (χ0) is 26.2. The lowest BCUT2D eigenvalue weighted by Crippen LogP contribution is -2.23. The van der Waals surface area contributed by atoms with E-state index in [-0.39, 0.29) is 5.91 Å². The highest BCUT2D eigenvalue weighted by Gasteiger charge is 2.26. The Bertz CT molecular complexity index is 1580. The highest BCUT2D eigenvalue weighted by Crippen LogP contribution is 2.41. The van der Waals surface area contributed by atoms with Gasteiger partial charge in [0.2, 0.25) is 0 Å². The quantitative estimate of drug-likeness (QED) is 0.263. The monoisotopic (exact) mass is 542 g/mol. The highest BCUT2D eigenvalue weighted by molar-refractivity contribution is 7.16. The number of hydrogen-bond donors (Lipinski definition) is 1. The number of carbonyl (C=O) groups is 1. The Kier molecular flexibility index (Phi) is 6.81. The maximum absolute atomic E-state index is 13.3. The molecule has 2 aliphatic carbocycles. The number of fused-ring (bicyclic) bond motifs is 2. The minimum atomic E-state index is -0.0961. The summed E-state index contributed by atoms with van der Waals surface area (Å²) in [5.74, 6) is 0.633. The van der Waals surface area contributed by atoms with Gasteiger partial charge in [0, 0.05) is 32.9 Å². The van der Waals surface area contributed by atoms with Crippen LogP contribution in [0.3, 0.4) is 0 Å². The minimum Gasteiger partial charge on any atom is -0.467 e. The molecule has 0 fully saturated rings. The van der Waals surface area contributed by atoms with Crippen molar-refractivity contribution in [3.63, 3.8) is 0 Å².